The normalized spacial score (nSPS) is 26.1. The number of likely N-dealkylation sites (tertiary alicyclic amines) is 2. The third-order valence-corrected chi connectivity index (χ3v) is 6.53. The molecule has 0 bridgehead atoms. The predicted molar refractivity (Wildman–Crippen MR) is 106 cm³/mol. The molecular weight excluding hydrogens is 342 g/mol. The minimum absolute atomic E-state index is 0.170. The summed E-state index contributed by atoms with van der Waals surface area (Å²) in [6, 6.07) is 0. The van der Waals surface area contributed by atoms with E-state index in [1.807, 2.05) is 9.80 Å². The van der Waals surface area contributed by atoms with Crippen LogP contribution in [-0.4, -0.2) is 78.6 Å². The molecule has 3 heterocycles. The Morgan fingerprint density at radius 3 is 2.67 bits per heavy atom. The van der Waals surface area contributed by atoms with Gasteiger partial charge in [-0.05, 0) is 51.1 Å². The summed E-state index contributed by atoms with van der Waals surface area (Å²) in [6.07, 6.45) is 6.55. The van der Waals surface area contributed by atoms with Gasteiger partial charge >= 0.3 is 6.09 Å². The summed E-state index contributed by atoms with van der Waals surface area (Å²) in [4.78, 5) is 31.0. The summed E-state index contributed by atoms with van der Waals surface area (Å²) in [7, 11) is 2.17. The Kier molecular flexibility index (Phi) is 6.66. The quantitative estimate of drug-likeness (QED) is 0.712. The summed E-state index contributed by atoms with van der Waals surface area (Å²) < 4.78 is 5.77. The monoisotopic (exact) mass is 379 g/mol. The van der Waals surface area contributed by atoms with Gasteiger partial charge in [0.25, 0.3) is 0 Å². The van der Waals surface area contributed by atoms with E-state index in [2.05, 4.69) is 25.8 Å². The van der Waals surface area contributed by atoms with Crippen LogP contribution in [0.4, 0.5) is 4.79 Å². The van der Waals surface area contributed by atoms with Gasteiger partial charge in [0.15, 0.2) is 0 Å². The van der Waals surface area contributed by atoms with E-state index < -0.39 is 0 Å². The highest BCUT2D eigenvalue weighted by molar-refractivity contribution is 5.76. The molecular formula is C21H37N3O3. The maximum atomic E-state index is 12.6. The van der Waals surface area contributed by atoms with E-state index in [0.717, 1.165) is 38.8 Å². The first kappa shape index (κ1) is 20.4. The Balaban J connectivity index is 1.42. The predicted octanol–water partition coefficient (Wildman–Crippen LogP) is 2.97. The van der Waals surface area contributed by atoms with Gasteiger partial charge in [0.2, 0.25) is 5.91 Å². The van der Waals surface area contributed by atoms with E-state index in [1.54, 1.807) is 0 Å². The minimum Gasteiger partial charge on any atom is -0.441 e. The van der Waals surface area contributed by atoms with Crippen molar-refractivity contribution in [2.45, 2.75) is 64.4 Å². The molecule has 27 heavy (non-hydrogen) atoms. The van der Waals surface area contributed by atoms with Gasteiger partial charge in [0, 0.05) is 45.4 Å². The molecule has 2 amide bonds. The zero-order valence-electron chi connectivity index (χ0n) is 17.4. The second kappa shape index (κ2) is 8.80. The number of hydrogen-bond acceptors (Lipinski definition) is 4. The van der Waals surface area contributed by atoms with Crippen molar-refractivity contribution >= 4 is 12.0 Å². The Morgan fingerprint density at radius 2 is 2.00 bits per heavy atom. The number of ether oxygens (including phenoxy) is 1. The number of carbonyl (C=O) groups is 2. The highest BCUT2D eigenvalue weighted by atomic mass is 16.6. The van der Waals surface area contributed by atoms with Crippen LogP contribution in [0.25, 0.3) is 0 Å². The number of hydrogen-bond donors (Lipinski definition) is 0. The first-order valence-electron chi connectivity index (χ1n) is 10.8. The smallest absolute Gasteiger partial charge is 0.410 e. The molecule has 154 valence electrons. The van der Waals surface area contributed by atoms with Gasteiger partial charge in [-0.15, -0.1) is 0 Å². The van der Waals surface area contributed by atoms with E-state index in [9.17, 15) is 9.59 Å². The van der Waals surface area contributed by atoms with Crippen molar-refractivity contribution in [3.05, 3.63) is 0 Å². The molecule has 0 aromatic heterocycles. The zero-order valence-corrected chi connectivity index (χ0v) is 17.4. The second-order valence-corrected chi connectivity index (χ2v) is 9.35. The molecule has 0 saturated carbocycles. The van der Waals surface area contributed by atoms with Crippen molar-refractivity contribution in [1.82, 2.24) is 14.7 Å². The molecule has 3 rings (SSSR count). The van der Waals surface area contributed by atoms with Crippen molar-refractivity contribution < 1.29 is 14.3 Å². The maximum absolute atomic E-state index is 12.6. The van der Waals surface area contributed by atoms with Crippen LogP contribution < -0.4 is 0 Å². The molecule has 3 saturated heterocycles. The van der Waals surface area contributed by atoms with Gasteiger partial charge in [0.1, 0.15) is 5.60 Å². The summed E-state index contributed by atoms with van der Waals surface area (Å²) in [6.45, 7) is 9.55. The number of rotatable bonds is 6. The van der Waals surface area contributed by atoms with Crippen molar-refractivity contribution in [2.75, 3.05) is 46.3 Å². The lowest BCUT2D eigenvalue weighted by Crippen LogP contribution is -2.48. The lowest BCUT2D eigenvalue weighted by atomic mass is 9.90. The first-order valence-corrected chi connectivity index (χ1v) is 10.8. The molecule has 6 nitrogen and oxygen atoms in total. The SMILES string of the molecule is CC(C)CCN1CC2(CCN(C(=O)CC[C@H]3CCCN(C)C3)CC2)OC1=O. The van der Waals surface area contributed by atoms with E-state index in [4.69, 9.17) is 4.74 Å². The number of amides is 2. The lowest BCUT2D eigenvalue weighted by molar-refractivity contribution is -0.135. The van der Waals surface area contributed by atoms with E-state index in [0.29, 0.717) is 37.9 Å². The van der Waals surface area contributed by atoms with Crippen LogP contribution in [0.15, 0.2) is 0 Å². The Morgan fingerprint density at radius 1 is 1.26 bits per heavy atom. The summed E-state index contributed by atoms with van der Waals surface area (Å²) in [5.74, 6) is 1.52. The minimum atomic E-state index is -0.364. The molecule has 6 heteroatoms. The summed E-state index contributed by atoms with van der Waals surface area (Å²) in [5, 5.41) is 0. The third-order valence-electron chi connectivity index (χ3n) is 6.53. The fourth-order valence-electron chi connectivity index (χ4n) is 4.70. The molecule has 0 aromatic carbocycles. The third kappa shape index (κ3) is 5.37. The van der Waals surface area contributed by atoms with Crippen LogP contribution >= 0.6 is 0 Å². The molecule has 0 unspecified atom stereocenters. The zero-order chi connectivity index (χ0) is 19.4. The molecule has 1 atom stereocenters. The van der Waals surface area contributed by atoms with Gasteiger partial charge < -0.3 is 19.4 Å². The van der Waals surface area contributed by atoms with Crippen LogP contribution in [-0.2, 0) is 9.53 Å². The Bertz CT molecular complexity index is 529. The van der Waals surface area contributed by atoms with Crippen molar-refractivity contribution in [1.29, 1.82) is 0 Å². The fraction of sp³-hybridized carbons (Fsp3) is 0.905. The van der Waals surface area contributed by atoms with Crippen molar-refractivity contribution in [3.8, 4) is 0 Å². The average molecular weight is 380 g/mol. The fourth-order valence-corrected chi connectivity index (χ4v) is 4.70. The molecule has 1 spiro atoms. The van der Waals surface area contributed by atoms with Gasteiger partial charge in [-0.25, -0.2) is 4.79 Å². The lowest BCUT2D eigenvalue weighted by Gasteiger charge is -2.38. The van der Waals surface area contributed by atoms with Crippen LogP contribution in [0.2, 0.25) is 0 Å². The van der Waals surface area contributed by atoms with E-state index >= 15 is 0 Å². The molecule has 0 aliphatic carbocycles. The Hall–Kier alpha value is -1.30. The highest BCUT2D eigenvalue weighted by Crippen LogP contribution is 2.34. The van der Waals surface area contributed by atoms with Crippen LogP contribution in [0.5, 0.6) is 0 Å². The molecule has 3 aliphatic heterocycles. The topological polar surface area (TPSA) is 53.1 Å². The second-order valence-electron chi connectivity index (χ2n) is 9.35. The number of piperidine rings is 2. The summed E-state index contributed by atoms with van der Waals surface area (Å²) in [5.41, 5.74) is -0.364. The molecule has 0 N–H and O–H groups in total. The highest BCUT2D eigenvalue weighted by Gasteiger charge is 2.47. The van der Waals surface area contributed by atoms with Crippen LogP contribution in [0.1, 0.15) is 58.8 Å². The van der Waals surface area contributed by atoms with Gasteiger partial charge in [-0.3, -0.25) is 4.79 Å². The standard InChI is InChI=1S/C21H37N3O3/c1-17(2)8-12-24-16-21(27-20(24)26)9-13-23(14-10-21)19(25)7-6-18-5-4-11-22(3)15-18/h17-18H,4-16H2,1-3H3/t18-/m1/s1. The molecule has 0 radical (unpaired) electrons. The maximum Gasteiger partial charge on any atom is 0.410 e. The van der Waals surface area contributed by atoms with Crippen molar-refractivity contribution in [2.24, 2.45) is 11.8 Å². The average Bonchev–Trinajstić information content (AvgIpc) is 2.93. The van der Waals surface area contributed by atoms with E-state index in [-0.39, 0.29) is 17.6 Å². The summed E-state index contributed by atoms with van der Waals surface area (Å²) >= 11 is 0. The molecule has 3 aliphatic rings. The van der Waals surface area contributed by atoms with E-state index in [1.165, 1.54) is 19.4 Å². The number of carbonyl (C=O) groups excluding carboxylic acids is 2. The van der Waals surface area contributed by atoms with Crippen molar-refractivity contribution in [3.63, 3.8) is 0 Å². The largest absolute Gasteiger partial charge is 0.441 e. The Labute approximate surface area is 164 Å². The number of nitrogens with zero attached hydrogens (tertiary/aromatic N) is 3. The van der Waals surface area contributed by atoms with Gasteiger partial charge in [-0.1, -0.05) is 13.8 Å². The molecule has 0 aromatic rings. The molecule has 3 fully saturated rings. The van der Waals surface area contributed by atoms with Gasteiger partial charge in [-0.2, -0.15) is 0 Å². The first-order chi connectivity index (χ1) is 12.9. The van der Waals surface area contributed by atoms with Crippen LogP contribution in [0.3, 0.4) is 0 Å². The van der Waals surface area contributed by atoms with Gasteiger partial charge in [0.05, 0.1) is 6.54 Å². The van der Waals surface area contributed by atoms with Crippen LogP contribution in [0, 0.1) is 11.8 Å².